The molecule has 23 heavy (non-hydrogen) atoms. The molecular weight excluding hydrogens is 301 g/mol. The maximum absolute atomic E-state index is 13.8. The van der Waals surface area contributed by atoms with Gasteiger partial charge in [-0.3, -0.25) is 9.59 Å². The molecule has 0 radical (unpaired) electrons. The zero-order chi connectivity index (χ0) is 16.8. The fourth-order valence-electron chi connectivity index (χ4n) is 2.66. The van der Waals surface area contributed by atoms with Gasteiger partial charge in [0.2, 0.25) is 5.91 Å². The van der Waals surface area contributed by atoms with Crippen LogP contribution >= 0.6 is 0 Å². The van der Waals surface area contributed by atoms with Crippen molar-refractivity contribution in [2.24, 2.45) is 0 Å². The molecule has 1 heterocycles. The van der Waals surface area contributed by atoms with E-state index in [9.17, 15) is 14.0 Å². The van der Waals surface area contributed by atoms with Crippen LogP contribution in [0.4, 0.5) is 4.39 Å². The van der Waals surface area contributed by atoms with Crippen molar-refractivity contribution in [3.63, 3.8) is 0 Å². The number of nitrogens with zero attached hydrogens (tertiary/aromatic N) is 1. The summed E-state index contributed by atoms with van der Waals surface area (Å²) in [7, 11) is 0. The molecule has 1 amide bonds. The lowest BCUT2D eigenvalue weighted by molar-refractivity contribution is -0.145. The number of carbonyl (C=O) groups is 2. The molecule has 0 bridgehead atoms. The number of amides is 1. The molecule has 0 saturated carbocycles. The van der Waals surface area contributed by atoms with Crippen molar-refractivity contribution >= 4 is 17.4 Å². The van der Waals surface area contributed by atoms with Gasteiger partial charge >= 0.3 is 5.97 Å². The zero-order valence-electron chi connectivity index (χ0n) is 13.0. The van der Waals surface area contributed by atoms with Crippen molar-refractivity contribution in [3.05, 3.63) is 41.7 Å². The van der Waals surface area contributed by atoms with Crippen LogP contribution in [0.25, 0.3) is 5.57 Å². The molecule has 6 heteroatoms. The summed E-state index contributed by atoms with van der Waals surface area (Å²) < 4.78 is 19.0. The molecule has 1 aromatic rings. The zero-order valence-corrected chi connectivity index (χ0v) is 13.0. The van der Waals surface area contributed by atoms with Crippen molar-refractivity contribution < 1.29 is 23.8 Å². The van der Waals surface area contributed by atoms with Gasteiger partial charge in [0.05, 0.1) is 0 Å². The normalized spacial score (nSPS) is 16.2. The maximum atomic E-state index is 13.8. The van der Waals surface area contributed by atoms with E-state index in [1.165, 1.54) is 17.0 Å². The fourth-order valence-corrected chi connectivity index (χ4v) is 2.66. The van der Waals surface area contributed by atoms with Crippen molar-refractivity contribution in [1.82, 2.24) is 4.90 Å². The molecule has 0 unspecified atom stereocenters. The van der Waals surface area contributed by atoms with Crippen LogP contribution in [0, 0.1) is 5.82 Å². The lowest BCUT2D eigenvalue weighted by Crippen LogP contribution is -2.45. The van der Waals surface area contributed by atoms with Gasteiger partial charge in [0.15, 0.2) is 0 Å². The third-order valence-electron chi connectivity index (χ3n) is 3.86. The molecule has 0 aliphatic carbocycles. The predicted molar refractivity (Wildman–Crippen MR) is 83.2 cm³/mol. The smallest absolute Gasteiger partial charge is 0.323 e. The highest BCUT2D eigenvalue weighted by Gasteiger charge is 2.26. The number of rotatable bonds is 5. The minimum atomic E-state index is -1.07. The molecule has 1 fully saturated rings. The maximum Gasteiger partial charge on any atom is 0.323 e. The van der Waals surface area contributed by atoms with Gasteiger partial charge in [-0.1, -0.05) is 18.2 Å². The van der Waals surface area contributed by atoms with Crippen molar-refractivity contribution in [2.75, 3.05) is 19.8 Å². The van der Waals surface area contributed by atoms with Crippen LogP contribution in [-0.2, 0) is 14.3 Å². The number of hydrogen-bond acceptors (Lipinski definition) is 3. The van der Waals surface area contributed by atoms with Crippen LogP contribution in [-0.4, -0.2) is 47.7 Å². The summed E-state index contributed by atoms with van der Waals surface area (Å²) in [6, 6.07) is 6.01. The summed E-state index contributed by atoms with van der Waals surface area (Å²) >= 11 is 0. The second-order valence-electron chi connectivity index (χ2n) is 5.51. The van der Waals surface area contributed by atoms with E-state index in [1.807, 2.05) is 0 Å². The van der Waals surface area contributed by atoms with Gasteiger partial charge < -0.3 is 14.7 Å². The summed E-state index contributed by atoms with van der Waals surface area (Å²) in [5.74, 6) is -1.90. The first-order chi connectivity index (χ1) is 11.0. The van der Waals surface area contributed by atoms with E-state index in [2.05, 4.69) is 0 Å². The summed E-state index contributed by atoms with van der Waals surface area (Å²) in [5.41, 5.74) is 0.804. The second-order valence-corrected chi connectivity index (χ2v) is 5.51. The van der Waals surface area contributed by atoms with Gasteiger partial charge in [-0.25, -0.2) is 4.39 Å². The molecule has 1 N–H and O–H groups in total. The molecular formula is C17H20FNO4. The molecule has 1 aliphatic heterocycles. The number of benzene rings is 1. The van der Waals surface area contributed by atoms with E-state index >= 15 is 0 Å². The lowest BCUT2D eigenvalue weighted by atomic mass is 10.0. The van der Waals surface area contributed by atoms with Gasteiger partial charge in [0, 0.05) is 30.9 Å². The first-order valence-electron chi connectivity index (χ1n) is 7.52. The minimum Gasteiger partial charge on any atom is -0.480 e. The Bertz CT molecular complexity index is 608. The predicted octanol–water partition coefficient (Wildman–Crippen LogP) is 2.32. The van der Waals surface area contributed by atoms with Crippen LogP contribution in [0.15, 0.2) is 30.3 Å². The first kappa shape index (κ1) is 17.1. The number of hydrogen-bond donors (Lipinski definition) is 1. The van der Waals surface area contributed by atoms with Crippen LogP contribution in [0.1, 0.15) is 25.3 Å². The Kier molecular flexibility index (Phi) is 5.87. The highest BCUT2D eigenvalue weighted by Crippen LogP contribution is 2.20. The standard InChI is InChI=1S/C17H20FNO4/c1-12(14-4-2-3-5-15(14)18)10-16(20)19(11-17(21)22)13-6-8-23-9-7-13/h2-5,10,13H,6-9,11H2,1H3,(H,21,22). The van der Waals surface area contributed by atoms with E-state index in [-0.39, 0.29) is 12.6 Å². The number of ether oxygens (including phenoxy) is 1. The van der Waals surface area contributed by atoms with E-state index in [4.69, 9.17) is 9.84 Å². The lowest BCUT2D eigenvalue weighted by Gasteiger charge is -2.32. The molecule has 0 atom stereocenters. The van der Waals surface area contributed by atoms with E-state index in [0.29, 0.717) is 37.2 Å². The quantitative estimate of drug-likeness (QED) is 0.845. The topological polar surface area (TPSA) is 66.8 Å². The second kappa shape index (κ2) is 7.87. The fraction of sp³-hybridized carbons (Fsp3) is 0.412. The van der Waals surface area contributed by atoms with Crippen molar-refractivity contribution in [2.45, 2.75) is 25.8 Å². The molecule has 1 saturated heterocycles. The molecule has 2 rings (SSSR count). The van der Waals surface area contributed by atoms with Crippen LogP contribution < -0.4 is 0 Å². The number of carbonyl (C=O) groups excluding carboxylic acids is 1. The van der Waals surface area contributed by atoms with Crippen LogP contribution in [0.3, 0.4) is 0 Å². The molecule has 0 spiro atoms. The molecule has 1 aromatic carbocycles. The van der Waals surface area contributed by atoms with Gasteiger partial charge in [0.1, 0.15) is 12.4 Å². The summed E-state index contributed by atoms with van der Waals surface area (Å²) in [6.07, 6.45) is 2.51. The number of aliphatic carboxylic acids is 1. The van der Waals surface area contributed by atoms with E-state index < -0.39 is 17.7 Å². The number of carboxylic acids is 1. The Labute approximate surface area is 134 Å². The Morgan fingerprint density at radius 3 is 2.61 bits per heavy atom. The Hall–Kier alpha value is -2.21. The minimum absolute atomic E-state index is 0.169. The van der Waals surface area contributed by atoms with Gasteiger partial charge in [-0.15, -0.1) is 0 Å². The third-order valence-corrected chi connectivity index (χ3v) is 3.86. The summed E-state index contributed by atoms with van der Waals surface area (Å²) in [5, 5.41) is 9.05. The summed E-state index contributed by atoms with van der Waals surface area (Å²) in [6.45, 7) is 2.28. The number of allylic oxidation sites excluding steroid dienone is 1. The van der Waals surface area contributed by atoms with Gasteiger partial charge in [-0.2, -0.15) is 0 Å². The number of carboxylic acid groups (broad SMARTS) is 1. The highest BCUT2D eigenvalue weighted by molar-refractivity contribution is 5.96. The molecule has 124 valence electrons. The van der Waals surface area contributed by atoms with Crippen molar-refractivity contribution in [1.29, 1.82) is 0 Å². The average Bonchev–Trinajstić information content (AvgIpc) is 2.53. The van der Waals surface area contributed by atoms with E-state index in [1.54, 1.807) is 25.1 Å². The third kappa shape index (κ3) is 4.63. The Morgan fingerprint density at radius 1 is 1.35 bits per heavy atom. The average molecular weight is 321 g/mol. The van der Waals surface area contributed by atoms with E-state index in [0.717, 1.165) is 0 Å². The monoisotopic (exact) mass is 321 g/mol. The SMILES string of the molecule is CC(=CC(=O)N(CC(=O)O)C1CCOCC1)c1ccccc1F. The Balaban J connectivity index is 2.20. The highest BCUT2D eigenvalue weighted by atomic mass is 19.1. The molecule has 1 aliphatic rings. The summed E-state index contributed by atoms with van der Waals surface area (Å²) in [4.78, 5) is 24.9. The van der Waals surface area contributed by atoms with Gasteiger partial charge in [0.25, 0.3) is 0 Å². The number of halogens is 1. The molecule has 5 nitrogen and oxygen atoms in total. The largest absolute Gasteiger partial charge is 0.480 e. The van der Waals surface area contributed by atoms with Crippen LogP contribution in [0.2, 0.25) is 0 Å². The molecule has 0 aromatic heterocycles. The first-order valence-corrected chi connectivity index (χ1v) is 7.52. The van der Waals surface area contributed by atoms with Crippen molar-refractivity contribution in [3.8, 4) is 0 Å². The van der Waals surface area contributed by atoms with Crippen LogP contribution in [0.5, 0.6) is 0 Å². The van der Waals surface area contributed by atoms with Gasteiger partial charge in [-0.05, 0) is 31.4 Å². The Morgan fingerprint density at radius 2 is 2.00 bits per heavy atom.